The maximum atomic E-state index is 13.1. The summed E-state index contributed by atoms with van der Waals surface area (Å²) >= 11 is 0. The summed E-state index contributed by atoms with van der Waals surface area (Å²) in [7, 11) is 0. The summed E-state index contributed by atoms with van der Waals surface area (Å²) in [6.07, 6.45) is 4.05. The van der Waals surface area contributed by atoms with Crippen LogP contribution in [0, 0.1) is 0 Å². The SMILES string of the molecule is CCCCC(=O)Nc1cccc(C(=O)N(CC)[C@@H]2CCOC(C)(C)C2)c1. The van der Waals surface area contributed by atoms with Gasteiger partial charge >= 0.3 is 0 Å². The molecule has 1 fully saturated rings. The number of carbonyl (C=O) groups excluding carboxylic acids is 2. The van der Waals surface area contributed by atoms with E-state index >= 15 is 0 Å². The number of benzene rings is 1. The van der Waals surface area contributed by atoms with E-state index < -0.39 is 0 Å². The third-order valence-corrected chi connectivity index (χ3v) is 4.86. The van der Waals surface area contributed by atoms with E-state index in [1.807, 2.05) is 30.0 Å². The average Bonchev–Trinajstić information content (AvgIpc) is 2.60. The molecule has 1 aromatic rings. The number of hydrogen-bond acceptors (Lipinski definition) is 3. The molecule has 0 unspecified atom stereocenters. The van der Waals surface area contributed by atoms with E-state index in [1.54, 1.807) is 6.07 Å². The highest BCUT2D eigenvalue weighted by Crippen LogP contribution is 2.28. The molecule has 26 heavy (non-hydrogen) atoms. The average molecular weight is 360 g/mol. The molecule has 1 N–H and O–H groups in total. The lowest BCUT2D eigenvalue weighted by Gasteiger charge is -2.41. The number of ether oxygens (including phenoxy) is 1. The van der Waals surface area contributed by atoms with Crippen LogP contribution in [0.3, 0.4) is 0 Å². The Hall–Kier alpha value is -1.88. The lowest BCUT2D eigenvalue weighted by Crippen LogP contribution is -2.48. The monoisotopic (exact) mass is 360 g/mol. The van der Waals surface area contributed by atoms with Crippen LogP contribution in [0.25, 0.3) is 0 Å². The van der Waals surface area contributed by atoms with Crippen molar-refractivity contribution in [3.8, 4) is 0 Å². The fourth-order valence-corrected chi connectivity index (χ4v) is 3.49. The first-order chi connectivity index (χ1) is 12.4. The number of amides is 2. The molecule has 0 aromatic heterocycles. The molecule has 1 aromatic carbocycles. The summed E-state index contributed by atoms with van der Waals surface area (Å²) in [5.41, 5.74) is 1.09. The van der Waals surface area contributed by atoms with E-state index in [4.69, 9.17) is 4.74 Å². The van der Waals surface area contributed by atoms with Crippen molar-refractivity contribution in [1.82, 2.24) is 4.90 Å². The maximum absolute atomic E-state index is 13.1. The van der Waals surface area contributed by atoms with Gasteiger partial charge in [0.15, 0.2) is 0 Å². The summed E-state index contributed by atoms with van der Waals surface area (Å²) in [6, 6.07) is 7.43. The van der Waals surface area contributed by atoms with Gasteiger partial charge < -0.3 is 15.0 Å². The number of unbranched alkanes of at least 4 members (excludes halogenated alkanes) is 1. The van der Waals surface area contributed by atoms with Crippen LogP contribution in [-0.4, -0.2) is 41.5 Å². The maximum Gasteiger partial charge on any atom is 0.254 e. The molecule has 5 heteroatoms. The van der Waals surface area contributed by atoms with Crippen molar-refractivity contribution in [2.24, 2.45) is 0 Å². The van der Waals surface area contributed by atoms with E-state index in [-0.39, 0.29) is 23.5 Å². The van der Waals surface area contributed by atoms with Gasteiger partial charge in [0.2, 0.25) is 5.91 Å². The first kappa shape index (κ1) is 20.4. The van der Waals surface area contributed by atoms with Gasteiger partial charge in [-0.1, -0.05) is 19.4 Å². The van der Waals surface area contributed by atoms with Crippen LogP contribution < -0.4 is 5.32 Å². The number of hydrogen-bond donors (Lipinski definition) is 1. The molecule has 1 aliphatic rings. The Morgan fingerprint density at radius 1 is 1.31 bits per heavy atom. The fourth-order valence-electron chi connectivity index (χ4n) is 3.49. The first-order valence-corrected chi connectivity index (χ1v) is 9.71. The van der Waals surface area contributed by atoms with Gasteiger partial charge in [-0.05, 0) is 58.2 Å². The Balaban J connectivity index is 2.09. The standard InChI is InChI=1S/C21H32N2O3/c1-5-7-11-19(24)22-17-10-8-9-16(14-17)20(25)23(6-2)18-12-13-26-21(3,4)15-18/h8-10,14,18H,5-7,11-13,15H2,1-4H3,(H,22,24)/t18-/m1/s1. The molecule has 1 atom stereocenters. The highest BCUT2D eigenvalue weighted by Gasteiger charge is 2.34. The van der Waals surface area contributed by atoms with Gasteiger partial charge in [0.1, 0.15) is 0 Å². The van der Waals surface area contributed by atoms with Crippen molar-refractivity contribution < 1.29 is 14.3 Å². The van der Waals surface area contributed by atoms with Crippen molar-refractivity contribution in [2.75, 3.05) is 18.5 Å². The molecule has 144 valence electrons. The minimum atomic E-state index is -0.203. The Kier molecular flexibility index (Phi) is 7.21. The molecule has 1 aliphatic heterocycles. The zero-order valence-electron chi connectivity index (χ0n) is 16.5. The number of carbonyl (C=O) groups is 2. The third kappa shape index (κ3) is 5.56. The molecule has 0 bridgehead atoms. The van der Waals surface area contributed by atoms with Crippen molar-refractivity contribution in [1.29, 1.82) is 0 Å². The molecule has 1 heterocycles. The van der Waals surface area contributed by atoms with E-state index in [2.05, 4.69) is 26.1 Å². The summed E-state index contributed by atoms with van der Waals surface area (Å²) in [4.78, 5) is 26.9. The van der Waals surface area contributed by atoms with Crippen molar-refractivity contribution in [2.45, 2.75) is 71.4 Å². The van der Waals surface area contributed by atoms with Gasteiger partial charge in [0.05, 0.1) is 5.60 Å². The van der Waals surface area contributed by atoms with Gasteiger partial charge in [0, 0.05) is 36.9 Å². The lowest BCUT2D eigenvalue weighted by molar-refractivity contribution is -0.116. The Labute approximate surface area is 157 Å². The van der Waals surface area contributed by atoms with E-state index in [0.29, 0.717) is 30.8 Å². The minimum absolute atomic E-state index is 0.00465. The molecule has 0 spiro atoms. The lowest BCUT2D eigenvalue weighted by atomic mass is 9.92. The largest absolute Gasteiger partial charge is 0.375 e. The fraction of sp³-hybridized carbons (Fsp3) is 0.619. The molecule has 5 nitrogen and oxygen atoms in total. The normalized spacial score (nSPS) is 19.0. The van der Waals surface area contributed by atoms with Crippen LogP contribution in [0.4, 0.5) is 5.69 Å². The smallest absolute Gasteiger partial charge is 0.254 e. The summed E-state index contributed by atoms with van der Waals surface area (Å²) < 4.78 is 5.79. The number of anilines is 1. The molecule has 1 saturated heterocycles. The number of rotatable bonds is 7. The Bertz CT molecular complexity index is 627. The van der Waals surface area contributed by atoms with Gasteiger partial charge in [0.25, 0.3) is 5.91 Å². The van der Waals surface area contributed by atoms with E-state index in [9.17, 15) is 9.59 Å². The van der Waals surface area contributed by atoms with Crippen LogP contribution >= 0.6 is 0 Å². The van der Waals surface area contributed by atoms with Crippen LogP contribution in [0.2, 0.25) is 0 Å². The molecule has 0 radical (unpaired) electrons. The third-order valence-electron chi connectivity index (χ3n) is 4.86. The van der Waals surface area contributed by atoms with Gasteiger partial charge in [-0.15, -0.1) is 0 Å². The molecule has 0 saturated carbocycles. The summed E-state index contributed by atoms with van der Waals surface area (Å²) in [5, 5.41) is 2.89. The highest BCUT2D eigenvalue weighted by molar-refractivity contribution is 5.97. The molecule has 0 aliphatic carbocycles. The summed E-state index contributed by atoms with van der Waals surface area (Å²) in [6.45, 7) is 9.55. The van der Waals surface area contributed by atoms with Crippen molar-refractivity contribution >= 4 is 17.5 Å². The Morgan fingerprint density at radius 2 is 2.08 bits per heavy atom. The van der Waals surface area contributed by atoms with Gasteiger partial charge in [-0.2, -0.15) is 0 Å². The van der Waals surface area contributed by atoms with Crippen molar-refractivity contribution in [3.63, 3.8) is 0 Å². The molecule has 2 amide bonds. The van der Waals surface area contributed by atoms with Crippen LogP contribution in [0.1, 0.15) is 70.2 Å². The second kappa shape index (κ2) is 9.17. The number of nitrogens with one attached hydrogen (secondary N) is 1. The zero-order valence-corrected chi connectivity index (χ0v) is 16.5. The topological polar surface area (TPSA) is 58.6 Å². The molecular weight excluding hydrogens is 328 g/mol. The van der Waals surface area contributed by atoms with E-state index in [0.717, 1.165) is 25.7 Å². The quantitative estimate of drug-likeness (QED) is 0.791. The van der Waals surface area contributed by atoms with Crippen LogP contribution in [-0.2, 0) is 9.53 Å². The van der Waals surface area contributed by atoms with Gasteiger partial charge in [-0.3, -0.25) is 9.59 Å². The van der Waals surface area contributed by atoms with Crippen LogP contribution in [0.5, 0.6) is 0 Å². The summed E-state index contributed by atoms with van der Waals surface area (Å²) in [5.74, 6) is 0.00910. The van der Waals surface area contributed by atoms with Crippen LogP contribution in [0.15, 0.2) is 24.3 Å². The Morgan fingerprint density at radius 3 is 2.73 bits per heavy atom. The second-order valence-corrected chi connectivity index (χ2v) is 7.58. The first-order valence-electron chi connectivity index (χ1n) is 9.71. The molecule has 2 rings (SSSR count). The number of nitrogens with zero attached hydrogens (tertiary/aromatic N) is 1. The predicted octanol–water partition coefficient (Wildman–Crippen LogP) is 4.24. The zero-order chi connectivity index (χ0) is 19.2. The second-order valence-electron chi connectivity index (χ2n) is 7.58. The minimum Gasteiger partial charge on any atom is -0.375 e. The van der Waals surface area contributed by atoms with Crippen molar-refractivity contribution in [3.05, 3.63) is 29.8 Å². The van der Waals surface area contributed by atoms with Gasteiger partial charge in [-0.25, -0.2) is 0 Å². The predicted molar refractivity (Wildman–Crippen MR) is 104 cm³/mol. The molecular formula is C21H32N2O3. The van der Waals surface area contributed by atoms with E-state index in [1.165, 1.54) is 0 Å². The highest BCUT2D eigenvalue weighted by atomic mass is 16.5.